The van der Waals surface area contributed by atoms with Crippen molar-refractivity contribution in [3.8, 4) is 0 Å². The van der Waals surface area contributed by atoms with Crippen molar-refractivity contribution in [2.75, 3.05) is 6.61 Å². The molecule has 0 radical (unpaired) electrons. The van der Waals surface area contributed by atoms with Crippen LogP contribution in [0.15, 0.2) is 12.7 Å². The Labute approximate surface area is 158 Å². The average molecular weight is 441 g/mol. The van der Waals surface area contributed by atoms with Crippen molar-refractivity contribution in [2.24, 2.45) is 0 Å². The Bertz CT molecular complexity index is 697. The first kappa shape index (κ1) is 26.2. The lowest BCUT2D eigenvalue weighted by atomic mass is 10.1. The van der Waals surface area contributed by atoms with Gasteiger partial charge in [-0.1, -0.05) is 6.58 Å². The maximum atomic E-state index is 13.7. The molecule has 0 saturated heterocycles. The topological polar surface area (TPSA) is 110 Å². The Morgan fingerprint density at radius 3 is 1.82 bits per heavy atom. The fourth-order valence-electron chi connectivity index (χ4n) is 2.07. The number of hydrogen-bond acceptors (Lipinski definition) is 6. The summed E-state index contributed by atoms with van der Waals surface area (Å²) in [4.78, 5) is 24.6. The Kier molecular flexibility index (Phi) is 8.14. The minimum atomic E-state index is -6.19. The molecule has 1 N–H and O–H groups in total. The predicted molar refractivity (Wildman–Crippen MR) is 84.6 cm³/mol. The molecule has 0 aromatic heterocycles. The van der Waals surface area contributed by atoms with E-state index in [4.69, 9.17) is 4.55 Å². The fourth-order valence-corrected chi connectivity index (χ4v) is 2.28. The second-order valence-electron chi connectivity index (χ2n) is 6.04. The molecule has 164 valence electrons. The highest BCUT2D eigenvalue weighted by molar-refractivity contribution is 7.86. The van der Waals surface area contributed by atoms with Gasteiger partial charge in [0.15, 0.2) is 0 Å². The Morgan fingerprint density at radius 1 is 1.11 bits per heavy atom. The minimum absolute atomic E-state index is 0.215. The van der Waals surface area contributed by atoms with Crippen LogP contribution in [0.3, 0.4) is 0 Å². The van der Waals surface area contributed by atoms with Crippen LogP contribution in [0.4, 0.5) is 22.0 Å². The molecule has 0 spiro atoms. The Hall–Kier alpha value is -1.80. The predicted octanol–water partition coefficient (Wildman–Crippen LogP) is 2.12. The molecule has 0 saturated carbocycles. The third-order valence-corrected chi connectivity index (χ3v) is 4.11. The van der Waals surface area contributed by atoms with Crippen LogP contribution >= 0.6 is 0 Å². The molecule has 0 bridgehead atoms. The highest BCUT2D eigenvalue weighted by Gasteiger charge is 2.69. The summed E-state index contributed by atoms with van der Waals surface area (Å²) in [6, 6.07) is -1.86. The fraction of sp³-hybridized carbons (Fsp3) is 0.714. The summed E-state index contributed by atoms with van der Waals surface area (Å²) in [6.07, 6.45) is -5.69. The van der Waals surface area contributed by atoms with Crippen LogP contribution in [0.2, 0.25) is 0 Å². The van der Waals surface area contributed by atoms with Gasteiger partial charge in [-0.15, -0.1) is 0 Å². The lowest BCUT2D eigenvalue weighted by molar-refractivity contribution is -0.356. The van der Waals surface area contributed by atoms with Gasteiger partial charge in [-0.05, 0) is 27.7 Å². The normalized spacial score (nSPS) is 15.3. The number of esters is 1. The van der Waals surface area contributed by atoms with Gasteiger partial charge in [0.2, 0.25) is 0 Å². The van der Waals surface area contributed by atoms with E-state index in [1.807, 2.05) is 0 Å². The van der Waals surface area contributed by atoms with Crippen molar-refractivity contribution >= 4 is 22.0 Å². The van der Waals surface area contributed by atoms with E-state index in [1.54, 1.807) is 0 Å². The SMILES string of the molecule is C=CC(=O)OC(OCC(F)(F)S(=O)(=O)O)(C(=O)N(C(C)C)C(C)C)C(F)(F)F. The summed E-state index contributed by atoms with van der Waals surface area (Å²) in [5.41, 5.74) is 0. The standard InChI is InChI=1S/C14H20F5NO7S/c1-6-10(21)27-13(14(17,18)19,11(22)20(8(2)3)9(4)5)26-7-12(15,16)28(23,24)25/h6,8-9H,1,7H2,2-5H3,(H,23,24,25). The number of nitrogens with zero attached hydrogens (tertiary/aromatic N) is 1. The van der Waals surface area contributed by atoms with Crippen LogP contribution < -0.4 is 0 Å². The molecule has 0 rings (SSSR count). The molecule has 0 aliphatic heterocycles. The van der Waals surface area contributed by atoms with E-state index >= 15 is 0 Å². The van der Waals surface area contributed by atoms with Gasteiger partial charge in [0.05, 0.1) is 0 Å². The number of ether oxygens (including phenoxy) is 2. The van der Waals surface area contributed by atoms with Crippen molar-refractivity contribution in [1.82, 2.24) is 4.90 Å². The highest BCUT2D eigenvalue weighted by Crippen LogP contribution is 2.39. The summed E-state index contributed by atoms with van der Waals surface area (Å²) in [6.45, 7) is 5.38. The van der Waals surface area contributed by atoms with E-state index in [9.17, 15) is 40.0 Å². The monoisotopic (exact) mass is 441 g/mol. The maximum Gasteiger partial charge on any atom is 0.466 e. The lowest BCUT2D eigenvalue weighted by Crippen LogP contribution is -2.65. The molecule has 1 atom stereocenters. The number of hydrogen-bond donors (Lipinski definition) is 1. The van der Waals surface area contributed by atoms with Gasteiger partial charge < -0.3 is 14.4 Å². The van der Waals surface area contributed by atoms with E-state index < -0.39 is 57.9 Å². The maximum absolute atomic E-state index is 13.7. The molecule has 0 aliphatic carbocycles. The first-order valence-corrected chi connectivity index (χ1v) is 9.01. The zero-order chi connectivity index (χ0) is 22.7. The summed E-state index contributed by atoms with van der Waals surface area (Å²) in [5.74, 6) is -8.54. The van der Waals surface area contributed by atoms with Crippen LogP contribution in [0, 0.1) is 0 Å². The summed E-state index contributed by atoms with van der Waals surface area (Å²) < 4.78 is 106. The van der Waals surface area contributed by atoms with Crippen molar-refractivity contribution in [3.05, 3.63) is 12.7 Å². The largest absolute Gasteiger partial charge is 0.466 e. The lowest BCUT2D eigenvalue weighted by Gasteiger charge is -2.40. The molecule has 0 fully saturated rings. The van der Waals surface area contributed by atoms with Crippen molar-refractivity contribution in [3.63, 3.8) is 0 Å². The zero-order valence-electron chi connectivity index (χ0n) is 15.3. The minimum Gasteiger partial charge on any atom is -0.412 e. The molecule has 28 heavy (non-hydrogen) atoms. The number of amides is 1. The number of alkyl halides is 5. The molecule has 1 amide bonds. The van der Waals surface area contributed by atoms with Crippen LogP contribution in [0.25, 0.3) is 0 Å². The molecular weight excluding hydrogens is 421 g/mol. The molecule has 0 aromatic rings. The second-order valence-corrected chi connectivity index (χ2v) is 7.59. The number of halogens is 5. The molecule has 0 heterocycles. The first-order valence-electron chi connectivity index (χ1n) is 7.57. The van der Waals surface area contributed by atoms with Crippen LogP contribution in [0.1, 0.15) is 27.7 Å². The third-order valence-electron chi connectivity index (χ3n) is 3.23. The van der Waals surface area contributed by atoms with E-state index in [0.29, 0.717) is 4.90 Å². The van der Waals surface area contributed by atoms with Crippen LogP contribution in [-0.2, 0) is 29.2 Å². The van der Waals surface area contributed by atoms with Gasteiger partial charge in [0.25, 0.3) is 0 Å². The molecule has 14 heteroatoms. The van der Waals surface area contributed by atoms with E-state index in [-0.39, 0.29) is 6.08 Å². The number of rotatable bonds is 9. The van der Waals surface area contributed by atoms with Gasteiger partial charge >= 0.3 is 39.2 Å². The number of carbonyl (C=O) groups excluding carboxylic acids is 2. The third kappa shape index (κ3) is 5.61. The van der Waals surface area contributed by atoms with E-state index in [2.05, 4.69) is 16.1 Å². The summed E-state index contributed by atoms with van der Waals surface area (Å²) in [5, 5.41) is -5.23. The van der Waals surface area contributed by atoms with Crippen LogP contribution in [-0.4, -0.2) is 65.7 Å². The van der Waals surface area contributed by atoms with Gasteiger partial charge in [-0.25, -0.2) is 4.79 Å². The van der Waals surface area contributed by atoms with Crippen molar-refractivity contribution in [1.29, 1.82) is 0 Å². The van der Waals surface area contributed by atoms with E-state index in [1.165, 1.54) is 27.7 Å². The Balaban J connectivity index is 6.51. The quantitative estimate of drug-likeness (QED) is 0.192. The van der Waals surface area contributed by atoms with Crippen LogP contribution in [0.5, 0.6) is 0 Å². The molecule has 0 aromatic carbocycles. The zero-order valence-corrected chi connectivity index (χ0v) is 16.1. The van der Waals surface area contributed by atoms with Crippen molar-refractivity contribution < 1.29 is 54.0 Å². The molecular formula is C14H20F5NO7S. The molecule has 8 nitrogen and oxygen atoms in total. The summed E-state index contributed by atoms with van der Waals surface area (Å²) >= 11 is 0. The Morgan fingerprint density at radius 2 is 1.54 bits per heavy atom. The second kappa shape index (κ2) is 8.69. The van der Waals surface area contributed by atoms with Gasteiger partial charge in [-0.2, -0.15) is 30.4 Å². The molecule has 1 unspecified atom stereocenters. The molecule has 0 aliphatic rings. The highest BCUT2D eigenvalue weighted by atomic mass is 32.2. The van der Waals surface area contributed by atoms with Crippen molar-refractivity contribution in [2.45, 2.75) is 57.0 Å². The average Bonchev–Trinajstić information content (AvgIpc) is 2.47. The smallest absolute Gasteiger partial charge is 0.412 e. The number of carbonyl (C=O) groups is 2. The van der Waals surface area contributed by atoms with Gasteiger partial charge in [-0.3, -0.25) is 9.35 Å². The summed E-state index contributed by atoms with van der Waals surface area (Å²) in [7, 11) is -6.19. The van der Waals surface area contributed by atoms with Gasteiger partial charge in [0.1, 0.15) is 6.61 Å². The van der Waals surface area contributed by atoms with Gasteiger partial charge in [0, 0.05) is 18.2 Å². The first-order chi connectivity index (χ1) is 12.3. The van der Waals surface area contributed by atoms with E-state index in [0.717, 1.165) is 0 Å².